The van der Waals surface area contributed by atoms with E-state index in [0.29, 0.717) is 6.04 Å². The molecule has 1 aliphatic heterocycles. The van der Waals surface area contributed by atoms with Crippen LogP contribution in [-0.4, -0.2) is 25.8 Å². The van der Waals surface area contributed by atoms with E-state index in [1.54, 1.807) is 0 Å². The highest BCUT2D eigenvalue weighted by atomic mass is 16.5. The van der Waals surface area contributed by atoms with Crippen LogP contribution in [0.2, 0.25) is 0 Å². The zero-order valence-electron chi connectivity index (χ0n) is 9.13. The average Bonchev–Trinajstić information content (AvgIpc) is 2.29. The Kier molecular flexibility index (Phi) is 4.26. The van der Waals surface area contributed by atoms with Gasteiger partial charge in [-0.3, -0.25) is 0 Å². The van der Waals surface area contributed by atoms with Crippen LogP contribution in [0.5, 0.6) is 0 Å². The van der Waals surface area contributed by atoms with Crippen molar-refractivity contribution in [2.75, 3.05) is 19.8 Å². The molecule has 1 atom stereocenters. The lowest BCUT2D eigenvalue weighted by atomic mass is 9.89. The second-order valence-electron chi connectivity index (χ2n) is 4.83. The summed E-state index contributed by atoms with van der Waals surface area (Å²) in [6.07, 6.45) is 9.81. The van der Waals surface area contributed by atoms with Crippen molar-refractivity contribution in [3.63, 3.8) is 0 Å². The van der Waals surface area contributed by atoms with Crippen molar-refractivity contribution in [2.45, 2.75) is 51.0 Å². The standard InChI is InChI=1S/C12H23NO/c1-2-5-11(6-3-1)9-13-12-7-4-8-14-10-12/h11-13H,1-10H2/t12-/m0/s1. The lowest BCUT2D eigenvalue weighted by Crippen LogP contribution is -2.39. The van der Waals surface area contributed by atoms with E-state index in [1.807, 2.05) is 0 Å². The zero-order chi connectivity index (χ0) is 9.64. The van der Waals surface area contributed by atoms with E-state index in [2.05, 4.69) is 5.32 Å². The summed E-state index contributed by atoms with van der Waals surface area (Å²) in [5, 5.41) is 3.67. The molecule has 0 radical (unpaired) electrons. The Morgan fingerprint density at radius 3 is 2.57 bits per heavy atom. The van der Waals surface area contributed by atoms with E-state index in [0.717, 1.165) is 19.1 Å². The fourth-order valence-electron chi connectivity index (χ4n) is 2.63. The monoisotopic (exact) mass is 197 g/mol. The molecule has 2 rings (SSSR count). The van der Waals surface area contributed by atoms with Gasteiger partial charge in [0.2, 0.25) is 0 Å². The molecular formula is C12H23NO. The third-order valence-corrected chi connectivity index (χ3v) is 3.58. The van der Waals surface area contributed by atoms with Gasteiger partial charge in [0.1, 0.15) is 0 Å². The van der Waals surface area contributed by atoms with E-state index in [-0.39, 0.29) is 0 Å². The van der Waals surface area contributed by atoms with Crippen LogP contribution in [-0.2, 0) is 4.74 Å². The molecule has 1 aliphatic carbocycles. The largest absolute Gasteiger partial charge is 0.380 e. The van der Waals surface area contributed by atoms with Crippen LogP contribution in [0.4, 0.5) is 0 Å². The SMILES string of the molecule is C1CCC(CN[C@H]2CCCOC2)CC1. The summed E-state index contributed by atoms with van der Waals surface area (Å²) in [6, 6.07) is 0.644. The fraction of sp³-hybridized carbons (Fsp3) is 1.00. The summed E-state index contributed by atoms with van der Waals surface area (Å²) in [4.78, 5) is 0. The highest BCUT2D eigenvalue weighted by Gasteiger charge is 2.17. The molecule has 1 saturated carbocycles. The fourth-order valence-corrected chi connectivity index (χ4v) is 2.63. The highest BCUT2D eigenvalue weighted by molar-refractivity contribution is 4.74. The summed E-state index contributed by atoms with van der Waals surface area (Å²) < 4.78 is 5.46. The molecule has 0 aromatic carbocycles. The van der Waals surface area contributed by atoms with Crippen molar-refractivity contribution in [3.05, 3.63) is 0 Å². The molecule has 1 saturated heterocycles. The Bertz CT molecular complexity index is 130. The Morgan fingerprint density at radius 2 is 1.86 bits per heavy atom. The second kappa shape index (κ2) is 5.72. The Labute approximate surface area is 87.4 Å². The molecule has 0 aromatic heterocycles. The number of hydrogen-bond donors (Lipinski definition) is 1. The first-order chi connectivity index (χ1) is 6.95. The van der Waals surface area contributed by atoms with E-state index < -0.39 is 0 Å². The van der Waals surface area contributed by atoms with Crippen molar-refractivity contribution in [3.8, 4) is 0 Å². The smallest absolute Gasteiger partial charge is 0.0619 e. The van der Waals surface area contributed by atoms with Gasteiger partial charge in [-0.25, -0.2) is 0 Å². The van der Waals surface area contributed by atoms with Crippen LogP contribution in [0.1, 0.15) is 44.9 Å². The minimum Gasteiger partial charge on any atom is -0.380 e. The maximum absolute atomic E-state index is 5.46. The predicted octanol–water partition coefficient (Wildman–Crippen LogP) is 2.34. The summed E-state index contributed by atoms with van der Waals surface area (Å²) in [6.45, 7) is 3.14. The first-order valence-electron chi connectivity index (χ1n) is 6.26. The molecule has 14 heavy (non-hydrogen) atoms. The number of ether oxygens (including phenoxy) is 1. The number of hydrogen-bond acceptors (Lipinski definition) is 2. The quantitative estimate of drug-likeness (QED) is 0.750. The lowest BCUT2D eigenvalue weighted by molar-refractivity contribution is 0.0684. The van der Waals surface area contributed by atoms with Crippen LogP contribution in [0.3, 0.4) is 0 Å². The summed E-state index contributed by atoms with van der Waals surface area (Å²) >= 11 is 0. The van der Waals surface area contributed by atoms with Crippen molar-refractivity contribution < 1.29 is 4.74 Å². The number of nitrogens with one attached hydrogen (secondary N) is 1. The van der Waals surface area contributed by atoms with E-state index in [9.17, 15) is 0 Å². The molecule has 0 bridgehead atoms. The molecule has 1 heterocycles. The van der Waals surface area contributed by atoms with Gasteiger partial charge < -0.3 is 10.1 Å². The normalized spacial score (nSPS) is 30.4. The minimum atomic E-state index is 0.644. The van der Waals surface area contributed by atoms with Gasteiger partial charge in [0.25, 0.3) is 0 Å². The van der Waals surface area contributed by atoms with Crippen LogP contribution in [0.25, 0.3) is 0 Å². The first-order valence-corrected chi connectivity index (χ1v) is 6.26. The Morgan fingerprint density at radius 1 is 1.00 bits per heavy atom. The molecule has 2 fully saturated rings. The van der Waals surface area contributed by atoms with Crippen molar-refractivity contribution in [2.24, 2.45) is 5.92 Å². The van der Waals surface area contributed by atoms with Crippen LogP contribution < -0.4 is 5.32 Å². The zero-order valence-corrected chi connectivity index (χ0v) is 9.13. The van der Waals surface area contributed by atoms with Gasteiger partial charge in [-0.1, -0.05) is 19.3 Å². The molecule has 2 heteroatoms. The van der Waals surface area contributed by atoms with Crippen molar-refractivity contribution >= 4 is 0 Å². The summed E-state index contributed by atoms with van der Waals surface area (Å²) in [5.74, 6) is 0.950. The first kappa shape index (κ1) is 10.4. The molecule has 0 aromatic rings. The van der Waals surface area contributed by atoms with Gasteiger partial charge in [-0.15, -0.1) is 0 Å². The van der Waals surface area contributed by atoms with E-state index in [1.165, 1.54) is 51.5 Å². The number of rotatable bonds is 3. The maximum atomic E-state index is 5.46. The molecule has 0 amide bonds. The van der Waals surface area contributed by atoms with Crippen LogP contribution >= 0.6 is 0 Å². The average molecular weight is 197 g/mol. The van der Waals surface area contributed by atoms with Gasteiger partial charge in [-0.05, 0) is 38.1 Å². The second-order valence-corrected chi connectivity index (χ2v) is 4.83. The van der Waals surface area contributed by atoms with Crippen LogP contribution in [0.15, 0.2) is 0 Å². The molecule has 0 unspecified atom stereocenters. The third kappa shape index (κ3) is 3.25. The topological polar surface area (TPSA) is 21.3 Å². The Hall–Kier alpha value is -0.0800. The van der Waals surface area contributed by atoms with Gasteiger partial charge in [0.15, 0.2) is 0 Å². The molecule has 0 spiro atoms. The molecule has 2 nitrogen and oxygen atoms in total. The summed E-state index contributed by atoms with van der Waals surface area (Å²) in [5.41, 5.74) is 0. The Balaban J connectivity index is 1.60. The lowest BCUT2D eigenvalue weighted by Gasteiger charge is -2.27. The third-order valence-electron chi connectivity index (χ3n) is 3.58. The molecule has 1 N–H and O–H groups in total. The van der Waals surface area contributed by atoms with Crippen LogP contribution in [0, 0.1) is 5.92 Å². The minimum absolute atomic E-state index is 0.644. The van der Waals surface area contributed by atoms with Gasteiger partial charge in [0, 0.05) is 12.6 Å². The van der Waals surface area contributed by atoms with Gasteiger partial charge in [0.05, 0.1) is 6.61 Å². The molecular weight excluding hydrogens is 174 g/mol. The van der Waals surface area contributed by atoms with Gasteiger partial charge in [-0.2, -0.15) is 0 Å². The predicted molar refractivity (Wildman–Crippen MR) is 58.4 cm³/mol. The van der Waals surface area contributed by atoms with Gasteiger partial charge >= 0.3 is 0 Å². The maximum Gasteiger partial charge on any atom is 0.0619 e. The summed E-state index contributed by atoms with van der Waals surface area (Å²) in [7, 11) is 0. The molecule has 2 aliphatic rings. The molecule has 82 valence electrons. The van der Waals surface area contributed by atoms with E-state index in [4.69, 9.17) is 4.74 Å². The van der Waals surface area contributed by atoms with Crippen molar-refractivity contribution in [1.82, 2.24) is 5.32 Å². The van der Waals surface area contributed by atoms with E-state index >= 15 is 0 Å². The van der Waals surface area contributed by atoms with Crippen molar-refractivity contribution in [1.29, 1.82) is 0 Å². The highest BCUT2D eigenvalue weighted by Crippen LogP contribution is 2.23.